The summed E-state index contributed by atoms with van der Waals surface area (Å²) in [5, 5.41) is -0.257. The van der Waals surface area contributed by atoms with Gasteiger partial charge < -0.3 is 4.90 Å². The van der Waals surface area contributed by atoms with Crippen molar-refractivity contribution in [1.29, 1.82) is 0 Å². The van der Waals surface area contributed by atoms with Crippen molar-refractivity contribution in [1.82, 2.24) is 9.97 Å². The van der Waals surface area contributed by atoms with E-state index in [1.165, 1.54) is 6.20 Å². The van der Waals surface area contributed by atoms with Crippen molar-refractivity contribution in [2.24, 2.45) is 0 Å². The zero-order valence-corrected chi connectivity index (χ0v) is 12.3. The smallest absolute Gasteiger partial charge is 0.171 e. The fourth-order valence-corrected chi connectivity index (χ4v) is 4.92. The summed E-state index contributed by atoms with van der Waals surface area (Å²) < 4.78 is 24.2. The SMILES string of the molecule is CCS(=O)(=O)C1CSCCN1c1cncc(Cl)n1. The van der Waals surface area contributed by atoms with Crippen LogP contribution in [0.4, 0.5) is 5.82 Å². The molecule has 0 N–H and O–H groups in total. The second-order valence-corrected chi connectivity index (χ2v) is 7.86. The van der Waals surface area contributed by atoms with Crippen molar-refractivity contribution >= 4 is 39.0 Å². The van der Waals surface area contributed by atoms with Gasteiger partial charge in [0.05, 0.1) is 12.4 Å². The van der Waals surface area contributed by atoms with Crippen molar-refractivity contribution in [3.05, 3.63) is 17.5 Å². The summed E-state index contributed by atoms with van der Waals surface area (Å²) in [6, 6.07) is 0. The van der Waals surface area contributed by atoms with E-state index in [1.807, 2.05) is 0 Å². The van der Waals surface area contributed by atoms with Crippen molar-refractivity contribution < 1.29 is 8.42 Å². The van der Waals surface area contributed by atoms with Crippen LogP contribution in [-0.4, -0.2) is 47.6 Å². The first-order valence-corrected chi connectivity index (χ1v) is 8.83. The number of nitrogens with zero attached hydrogens (tertiary/aromatic N) is 3. The second kappa shape index (κ2) is 5.63. The van der Waals surface area contributed by atoms with Crippen LogP contribution >= 0.6 is 23.4 Å². The number of thioether (sulfide) groups is 1. The topological polar surface area (TPSA) is 63.2 Å². The zero-order valence-electron chi connectivity index (χ0n) is 9.91. The van der Waals surface area contributed by atoms with Gasteiger partial charge in [0, 0.05) is 23.8 Å². The predicted octanol–water partition coefficient (Wildman–Crippen LogP) is 1.44. The summed E-state index contributed by atoms with van der Waals surface area (Å²) in [5.74, 6) is 2.10. The third-order valence-electron chi connectivity index (χ3n) is 2.79. The van der Waals surface area contributed by atoms with E-state index in [4.69, 9.17) is 11.6 Å². The number of anilines is 1. The molecular weight excluding hydrogens is 294 g/mol. The quantitative estimate of drug-likeness (QED) is 0.842. The molecule has 5 nitrogen and oxygen atoms in total. The van der Waals surface area contributed by atoms with Gasteiger partial charge in [0.25, 0.3) is 0 Å². The van der Waals surface area contributed by atoms with Crippen molar-refractivity contribution in [2.45, 2.75) is 12.3 Å². The molecule has 18 heavy (non-hydrogen) atoms. The normalized spacial score (nSPS) is 21.0. The minimum atomic E-state index is -3.14. The lowest BCUT2D eigenvalue weighted by molar-refractivity contribution is 0.578. The fraction of sp³-hybridized carbons (Fsp3) is 0.600. The van der Waals surface area contributed by atoms with Crippen LogP contribution in [0, 0.1) is 0 Å². The highest BCUT2D eigenvalue weighted by Gasteiger charge is 2.33. The van der Waals surface area contributed by atoms with Gasteiger partial charge in [-0.2, -0.15) is 11.8 Å². The Balaban J connectivity index is 2.34. The van der Waals surface area contributed by atoms with Gasteiger partial charge >= 0.3 is 0 Å². The van der Waals surface area contributed by atoms with Crippen LogP contribution in [0.15, 0.2) is 12.4 Å². The lowest BCUT2D eigenvalue weighted by atomic mass is 10.4. The Kier molecular flexibility index (Phi) is 4.34. The predicted molar refractivity (Wildman–Crippen MR) is 75.0 cm³/mol. The summed E-state index contributed by atoms with van der Waals surface area (Å²) in [6.07, 6.45) is 2.99. The third-order valence-corrected chi connectivity index (χ3v) is 6.26. The molecule has 2 heterocycles. The lowest BCUT2D eigenvalue weighted by Crippen LogP contribution is -2.48. The van der Waals surface area contributed by atoms with E-state index in [1.54, 1.807) is 29.8 Å². The van der Waals surface area contributed by atoms with Crippen LogP contribution in [0.5, 0.6) is 0 Å². The summed E-state index contributed by atoms with van der Waals surface area (Å²) in [7, 11) is -3.14. The van der Waals surface area contributed by atoms with E-state index < -0.39 is 15.2 Å². The summed E-state index contributed by atoms with van der Waals surface area (Å²) >= 11 is 7.45. The maximum atomic E-state index is 12.1. The van der Waals surface area contributed by atoms with Crippen LogP contribution in [-0.2, 0) is 9.84 Å². The first kappa shape index (κ1) is 13.9. The van der Waals surface area contributed by atoms with E-state index >= 15 is 0 Å². The molecule has 1 saturated heterocycles. The van der Waals surface area contributed by atoms with E-state index in [0.29, 0.717) is 18.1 Å². The molecule has 1 aliphatic rings. The molecule has 1 aromatic heterocycles. The van der Waals surface area contributed by atoms with Gasteiger partial charge in [-0.3, -0.25) is 4.98 Å². The molecule has 1 aliphatic heterocycles. The van der Waals surface area contributed by atoms with E-state index in [-0.39, 0.29) is 10.9 Å². The monoisotopic (exact) mass is 307 g/mol. The molecule has 8 heteroatoms. The molecule has 100 valence electrons. The maximum absolute atomic E-state index is 12.1. The molecule has 0 bridgehead atoms. The first-order valence-electron chi connectivity index (χ1n) is 5.58. The molecule has 0 radical (unpaired) electrons. The number of sulfone groups is 1. The molecule has 2 rings (SSSR count). The number of aromatic nitrogens is 2. The Hall–Kier alpha value is -0.530. The Morgan fingerprint density at radius 3 is 3.00 bits per heavy atom. The Morgan fingerprint density at radius 1 is 1.56 bits per heavy atom. The average molecular weight is 308 g/mol. The van der Waals surface area contributed by atoms with E-state index in [0.717, 1.165) is 5.75 Å². The van der Waals surface area contributed by atoms with Gasteiger partial charge in [-0.1, -0.05) is 18.5 Å². The zero-order chi connectivity index (χ0) is 13.2. The third kappa shape index (κ3) is 2.89. The molecule has 1 unspecified atom stereocenters. The summed E-state index contributed by atoms with van der Waals surface area (Å²) in [5.41, 5.74) is 0. The largest absolute Gasteiger partial charge is 0.337 e. The number of hydrogen-bond donors (Lipinski definition) is 0. The van der Waals surface area contributed by atoms with E-state index in [9.17, 15) is 8.42 Å². The molecule has 0 aromatic carbocycles. The second-order valence-electron chi connectivity index (χ2n) is 3.87. The molecule has 0 spiro atoms. The Labute approximate surface area is 116 Å². The highest BCUT2D eigenvalue weighted by Crippen LogP contribution is 2.26. The van der Waals surface area contributed by atoms with Crippen molar-refractivity contribution in [3.8, 4) is 0 Å². The minimum Gasteiger partial charge on any atom is -0.337 e. The highest BCUT2D eigenvalue weighted by atomic mass is 35.5. The average Bonchev–Trinajstić information content (AvgIpc) is 2.39. The molecular formula is C10H14ClN3O2S2. The maximum Gasteiger partial charge on any atom is 0.171 e. The number of halogens is 1. The van der Waals surface area contributed by atoms with Gasteiger partial charge in [0.15, 0.2) is 9.84 Å². The van der Waals surface area contributed by atoms with E-state index in [2.05, 4.69) is 9.97 Å². The van der Waals surface area contributed by atoms with Crippen molar-refractivity contribution in [2.75, 3.05) is 28.7 Å². The van der Waals surface area contributed by atoms with Crippen LogP contribution in [0.2, 0.25) is 5.15 Å². The summed E-state index contributed by atoms with van der Waals surface area (Å²) in [4.78, 5) is 9.90. The number of hydrogen-bond acceptors (Lipinski definition) is 6. The molecule has 1 atom stereocenters. The number of rotatable bonds is 3. The van der Waals surface area contributed by atoms with Crippen molar-refractivity contribution in [3.63, 3.8) is 0 Å². The van der Waals surface area contributed by atoms with Gasteiger partial charge in [-0.15, -0.1) is 0 Å². The first-order chi connectivity index (χ1) is 8.54. The van der Waals surface area contributed by atoms with Crippen LogP contribution in [0.1, 0.15) is 6.92 Å². The Morgan fingerprint density at radius 2 is 2.33 bits per heavy atom. The summed E-state index contributed by atoms with van der Waals surface area (Å²) in [6.45, 7) is 2.31. The molecule has 1 aromatic rings. The standard InChI is InChI=1S/C10H14ClN3O2S2/c1-2-18(15,16)10-7-17-4-3-14(10)9-6-12-5-8(11)13-9/h5-6,10H,2-4,7H2,1H3. The van der Waals surface area contributed by atoms with Gasteiger partial charge in [0.2, 0.25) is 0 Å². The molecule has 0 aliphatic carbocycles. The molecule has 0 saturated carbocycles. The van der Waals surface area contributed by atoms with Crippen LogP contribution in [0.25, 0.3) is 0 Å². The molecule has 1 fully saturated rings. The van der Waals surface area contributed by atoms with Crippen LogP contribution in [0.3, 0.4) is 0 Å². The fourth-order valence-electron chi connectivity index (χ4n) is 1.80. The minimum absolute atomic E-state index is 0.128. The lowest BCUT2D eigenvalue weighted by Gasteiger charge is -2.35. The van der Waals surface area contributed by atoms with Gasteiger partial charge in [-0.05, 0) is 0 Å². The van der Waals surface area contributed by atoms with Crippen LogP contribution < -0.4 is 4.90 Å². The Bertz CT molecular complexity index is 524. The van der Waals surface area contributed by atoms with Gasteiger partial charge in [0.1, 0.15) is 16.3 Å². The van der Waals surface area contributed by atoms with Gasteiger partial charge in [-0.25, -0.2) is 13.4 Å². The highest BCUT2D eigenvalue weighted by molar-refractivity contribution is 8.01. The molecule has 0 amide bonds.